The van der Waals surface area contributed by atoms with Crippen molar-refractivity contribution in [3.05, 3.63) is 60.8 Å². The molecule has 0 atom stereocenters. The maximum atomic E-state index is 12.6. The van der Waals surface area contributed by atoms with Crippen molar-refractivity contribution in [3.8, 4) is 17.3 Å². The molecule has 0 unspecified atom stereocenters. The van der Waals surface area contributed by atoms with Gasteiger partial charge in [-0.2, -0.15) is 5.10 Å². The summed E-state index contributed by atoms with van der Waals surface area (Å²) in [4.78, 5) is 40.1. The summed E-state index contributed by atoms with van der Waals surface area (Å²) in [5, 5.41) is 6.61. The highest BCUT2D eigenvalue weighted by molar-refractivity contribution is 6.07. The van der Waals surface area contributed by atoms with Crippen LogP contribution in [0.5, 0.6) is 0 Å². The second-order valence-corrected chi connectivity index (χ2v) is 5.73. The van der Waals surface area contributed by atoms with Crippen LogP contribution in [0.25, 0.3) is 17.3 Å². The maximum absolute atomic E-state index is 12.6. The zero-order valence-corrected chi connectivity index (χ0v) is 14.7. The summed E-state index contributed by atoms with van der Waals surface area (Å²) in [5.74, 6) is -0.569. The van der Waals surface area contributed by atoms with E-state index in [1.54, 1.807) is 18.2 Å². The second kappa shape index (κ2) is 7.19. The number of oxazole rings is 1. The first-order valence-corrected chi connectivity index (χ1v) is 8.16. The zero-order chi connectivity index (χ0) is 20.4. The Bertz CT molecular complexity index is 1200. The molecule has 0 fully saturated rings. The van der Waals surface area contributed by atoms with E-state index in [-0.39, 0.29) is 28.8 Å². The van der Waals surface area contributed by atoms with E-state index in [2.05, 4.69) is 30.4 Å². The molecule has 0 aliphatic heterocycles. The number of nitrogens with one attached hydrogen (secondary N) is 1. The van der Waals surface area contributed by atoms with E-state index in [9.17, 15) is 9.59 Å². The number of primary amides is 1. The summed E-state index contributed by atoms with van der Waals surface area (Å²) in [6.07, 6.45) is 6.91. The highest BCUT2D eigenvalue weighted by atomic mass is 16.3. The van der Waals surface area contributed by atoms with Gasteiger partial charge in [0.2, 0.25) is 5.89 Å². The van der Waals surface area contributed by atoms with Gasteiger partial charge in [0.15, 0.2) is 17.2 Å². The lowest BCUT2D eigenvalue weighted by Gasteiger charge is -2.00. The van der Waals surface area contributed by atoms with Crippen LogP contribution in [0.4, 0.5) is 11.5 Å². The molecule has 0 aliphatic rings. The van der Waals surface area contributed by atoms with E-state index < -0.39 is 11.8 Å². The molecule has 5 N–H and O–H groups in total. The molecule has 12 nitrogen and oxygen atoms in total. The van der Waals surface area contributed by atoms with E-state index in [4.69, 9.17) is 15.9 Å². The maximum Gasteiger partial charge on any atom is 0.277 e. The fourth-order valence-electron chi connectivity index (χ4n) is 2.46. The quantitative estimate of drug-likeness (QED) is 0.440. The van der Waals surface area contributed by atoms with E-state index >= 15 is 0 Å². The van der Waals surface area contributed by atoms with Crippen molar-refractivity contribution in [2.24, 2.45) is 5.73 Å². The molecular weight excluding hydrogens is 378 g/mol. The number of nitrogens with two attached hydrogens (primary N) is 2. The Morgan fingerprint density at radius 1 is 1.17 bits per heavy atom. The largest absolute Gasteiger partial charge is 0.444 e. The van der Waals surface area contributed by atoms with Crippen LogP contribution in [0, 0.1) is 0 Å². The fourth-order valence-corrected chi connectivity index (χ4v) is 2.46. The van der Waals surface area contributed by atoms with E-state index in [0.717, 1.165) is 0 Å². The minimum Gasteiger partial charge on any atom is -0.444 e. The lowest BCUT2D eigenvalue weighted by molar-refractivity contribution is 0.0996. The molecule has 29 heavy (non-hydrogen) atoms. The number of anilines is 2. The number of nitrogens with zero attached hydrogens (tertiary/aromatic N) is 6. The molecule has 4 heterocycles. The first-order chi connectivity index (χ1) is 14.0. The van der Waals surface area contributed by atoms with E-state index in [1.807, 2.05) is 0 Å². The SMILES string of the molecule is NC(=O)c1nn(-c2ccncn2)cc1NC(=O)c1coc(-c2ccnc(N)c2)n1. The molecule has 4 aromatic rings. The average Bonchev–Trinajstić information content (AvgIpc) is 3.36. The molecule has 2 amide bonds. The highest BCUT2D eigenvalue weighted by Crippen LogP contribution is 2.21. The molecule has 0 saturated heterocycles. The molecule has 0 radical (unpaired) electrons. The van der Waals surface area contributed by atoms with Gasteiger partial charge < -0.3 is 21.2 Å². The molecular formula is C17H13N9O3. The van der Waals surface area contributed by atoms with E-state index in [1.165, 1.54) is 35.9 Å². The molecule has 0 aromatic carbocycles. The van der Waals surface area contributed by atoms with Gasteiger partial charge in [0, 0.05) is 24.0 Å². The third-order valence-electron chi connectivity index (χ3n) is 3.76. The number of carbonyl (C=O) groups excluding carboxylic acids is 2. The minimum atomic E-state index is -0.818. The Morgan fingerprint density at radius 2 is 2.03 bits per heavy atom. The Morgan fingerprint density at radius 3 is 2.76 bits per heavy atom. The summed E-state index contributed by atoms with van der Waals surface area (Å²) in [6, 6.07) is 4.78. The zero-order valence-electron chi connectivity index (χ0n) is 14.7. The van der Waals surface area contributed by atoms with Crippen molar-refractivity contribution in [2.75, 3.05) is 11.1 Å². The number of hydrogen-bond acceptors (Lipinski definition) is 9. The highest BCUT2D eigenvalue weighted by Gasteiger charge is 2.20. The first kappa shape index (κ1) is 17.8. The van der Waals surface area contributed by atoms with Crippen molar-refractivity contribution >= 4 is 23.3 Å². The molecule has 4 aromatic heterocycles. The van der Waals surface area contributed by atoms with Crippen molar-refractivity contribution in [2.45, 2.75) is 0 Å². The standard InChI is InChI=1S/C17H13N9O3/c18-12-5-9(1-4-21-12)17-24-11(7-29-17)16(28)23-10-6-26(25-14(10)15(19)27)13-2-3-20-8-22-13/h1-8H,(H2,18,21)(H2,19,27)(H,23,28). The lowest BCUT2D eigenvalue weighted by Crippen LogP contribution is -2.18. The van der Waals surface area contributed by atoms with Gasteiger partial charge in [0.1, 0.15) is 18.4 Å². The van der Waals surface area contributed by atoms with Crippen LogP contribution in [-0.4, -0.2) is 41.5 Å². The van der Waals surface area contributed by atoms with Gasteiger partial charge in [-0.15, -0.1) is 0 Å². The monoisotopic (exact) mass is 391 g/mol. The summed E-state index contributed by atoms with van der Waals surface area (Å²) in [5.41, 5.74) is 11.5. The number of rotatable bonds is 5. The van der Waals surface area contributed by atoms with Gasteiger partial charge in [-0.05, 0) is 12.1 Å². The number of carbonyl (C=O) groups is 2. The molecule has 4 rings (SSSR count). The van der Waals surface area contributed by atoms with Gasteiger partial charge in [-0.3, -0.25) is 9.59 Å². The van der Waals surface area contributed by atoms with Crippen LogP contribution < -0.4 is 16.8 Å². The summed E-state index contributed by atoms with van der Waals surface area (Å²) in [7, 11) is 0. The molecule has 0 bridgehead atoms. The molecule has 0 spiro atoms. The predicted molar refractivity (Wildman–Crippen MR) is 99.8 cm³/mol. The van der Waals surface area contributed by atoms with Gasteiger partial charge in [-0.25, -0.2) is 24.6 Å². The van der Waals surface area contributed by atoms with Crippen LogP contribution in [0.1, 0.15) is 21.0 Å². The molecule has 12 heteroatoms. The van der Waals surface area contributed by atoms with Gasteiger partial charge in [-0.1, -0.05) is 0 Å². The molecule has 144 valence electrons. The molecule has 0 aliphatic carbocycles. The Balaban J connectivity index is 1.60. The Hall–Kier alpha value is -4.61. The van der Waals surface area contributed by atoms with Crippen LogP contribution >= 0.6 is 0 Å². The van der Waals surface area contributed by atoms with Crippen molar-refractivity contribution in [3.63, 3.8) is 0 Å². The third-order valence-corrected chi connectivity index (χ3v) is 3.76. The summed E-state index contributed by atoms with van der Waals surface area (Å²) < 4.78 is 6.63. The second-order valence-electron chi connectivity index (χ2n) is 5.73. The Kier molecular flexibility index (Phi) is 4.41. The van der Waals surface area contributed by atoms with Crippen molar-refractivity contribution < 1.29 is 14.0 Å². The van der Waals surface area contributed by atoms with Crippen molar-refractivity contribution in [1.82, 2.24) is 29.7 Å². The van der Waals surface area contributed by atoms with Crippen molar-refractivity contribution in [1.29, 1.82) is 0 Å². The average molecular weight is 391 g/mol. The Labute approximate surface area is 162 Å². The fraction of sp³-hybridized carbons (Fsp3) is 0. The third kappa shape index (κ3) is 3.62. The normalized spacial score (nSPS) is 10.6. The number of nitrogen functional groups attached to an aromatic ring is 1. The number of pyridine rings is 1. The van der Waals surface area contributed by atoms with Gasteiger partial charge >= 0.3 is 0 Å². The van der Waals surface area contributed by atoms with Crippen LogP contribution in [0.15, 0.2) is 53.8 Å². The number of hydrogen-bond donors (Lipinski definition) is 3. The van der Waals surface area contributed by atoms with E-state index in [0.29, 0.717) is 11.4 Å². The predicted octanol–water partition coefficient (Wildman–Crippen LogP) is 0.646. The van der Waals surface area contributed by atoms with Gasteiger partial charge in [0.05, 0.1) is 11.9 Å². The minimum absolute atomic E-state index is 0.0133. The first-order valence-electron chi connectivity index (χ1n) is 8.16. The number of amides is 2. The lowest BCUT2D eigenvalue weighted by atomic mass is 10.2. The smallest absolute Gasteiger partial charge is 0.277 e. The summed E-state index contributed by atoms with van der Waals surface area (Å²) in [6.45, 7) is 0. The summed E-state index contributed by atoms with van der Waals surface area (Å²) >= 11 is 0. The van der Waals surface area contributed by atoms with Crippen LogP contribution in [0.3, 0.4) is 0 Å². The van der Waals surface area contributed by atoms with Crippen LogP contribution in [-0.2, 0) is 0 Å². The van der Waals surface area contributed by atoms with Crippen LogP contribution in [0.2, 0.25) is 0 Å². The van der Waals surface area contributed by atoms with Gasteiger partial charge in [0.25, 0.3) is 11.8 Å². The topological polar surface area (TPSA) is 181 Å². The number of aromatic nitrogens is 6. The molecule has 0 saturated carbocycles.